The van der Waals surface area contributed by atoms with E-state index in [1.54, 1.807) is 7.11 Å². The van der Waals surface area contributed by atoms with E-state index in [-0.39, 0.29) is 5.91 Å². The lowest BCUT2D eigenvalue weighted by molar-refractivity contribution is -0.130. The molecule has 0 aliphatic rings. The summed E-state index contributed by atoms with van der Waals surface area (Å²) < 4.78 is 11.0. The van der Waals surface area contributed by atoms with Crippen molar-refractivity contribution in [2.45, 2.75) is 47.1 Å². The van der Waals surface area contributed by atoms with E-state index in [2.05, 4.69) is 27.8 Å². The molecule has 29 heavy (non-hydrogen) atoms. The van der Waals surface area contributed by atoms with Crippen molar-refractivity contribution in [3.8, 4) is 5.75 Å². The number of methoxy groups -OCH3 is 1. The molecule has 0 aliphatic carbocycles. The Balaban J connectivity index is 2.68. The Kier molecular flexibility index (Phi) is 12.5. The largest absolute Gasteiger partial charge is 0.493 e. The first kappa shape index (κ1) is 24.8. The predicted octanol–water partition coefficient (Wildman–Crippen LogP) is 2.72. The third-order valence-corrected chi connectivity index (χ3v) is 4.47. The number of amides is 1. The summed E-state index contributed by atoms with van der Waals surface area (Å²) in [6, 6.07) is 6.16. The number of carbonyl (C=O) groups excluding carboxylic acids is 1. The number of guanidine groups is 1. The maximum absolute atomic E-state index is 12.1. The summed E-state index contributed by atoms with van der Waals surface area (Å²) in [6.07, 6.45) is 1.29. The minimum atomic E-state index is 0.156. The zero-order chi connectivity index (χ0) is 21.5. The van der Waals surface area contributed by atoms with Crippen LogP contribution in [0.25, 0.3) is 0 Å². The molecule has 0 radical (unpaired) electrons. The van der Waals surface area contributed by atoms with Crippen molar-refractivity contribution in [1.29, 1.82) is 0 Å². The Morgan fingerprint density at radius 2 is 1.90 bits per heavy atom. The minimum absolute atomic E-state index is 0.156. The van der Waals surface area contributed by atoms with Crippen LogP contribution in [0, 0.1) is 6.92 Å². The maximum Gasteiger partial charge on any atom is 0.224 e. The molecular formula is C22H38N4O3. The molecule has 1 rings (SSSR count). The Morgan fingerprint density at radius 3 is 2.55 bits per heavy atom. The number of carbonyl (C=O) groups is 1. The van der Waals surface area contributed by atoms with Crippen molar-refractivity contribution in [2.24, 2.45) is 4.99 Å². The minimum Gasteiger partial charge on any atom is -0.493 e. The predicted molar refractivity (Wildman–Crippen MR) is 119 cm³/mol. The monoisotopic (exact) mass is 406 g/mol. The molecule has 7 heteroatoms. The highest BCUT2D eigenvalue weighted by Crippen LogP contribution is 2.21. The summed E-state index contributed by atoms with van der Waals surface area (Å²) in [6.45, 7) is 12.6. The van der Waals surface area contributed by atoms with Crippen LogP contribution in [0.5, 0.6) is 5.75 Å². The second-order valence-corrected chi connectivity index (χ2v) is 6.74. The van der Waals surface area contributed by atoms with E-state index in [9.17, 15) is 4.79 Å². The molecule has 1 aromatic carbocycles. The summed E-state index contributed by atoms with van der Waals surface area (Å²) in [5.74, 6) is 1.71. The number of nitrogens with one attached hydrogen (secondary N) is 2. The Bertz CT molecular complexity index is 630. The number of hydrogen-bond donors (Lipinski definition) is 2. The van der Waals surface area contributed by atoms with Gasteiger partial charge in [-0.15, -0.1) is 0 Å². The molecule has 0 heterocycles. The van der Waals surface area contributed by atoms with Gasteiger partial charge in [-0.3, -0.25) is 4.79 Å². The number of ether oxygens (including phenoxy) is 2. The highest BCUT2D eigenvalue weighted by molar-refractivity contribution is 5.81. The third kappa shape index (κ3) is 9.65. The molecule has 7 nitrogen and oxygen atoms in total. The highest BCUT2D eigenvalue weighted by atomic mass is 16.5. The number of benzene rings is 1. The maximum atomic E-state index is 12.1. The fourth-order valence-corrected chi connectivity index (χ4v) is 2.84. The molecule has 0 atom stereocenters. The molecule has 0 saturated carbocycles. The summed E-state index contributed by atoms with van der Waals surface area (Å²) >= 11 is 0. The topological polar surface area (TPSA) is 75.2 Å². The number of rotatable bonds is 13. The third-order valence-electron chi connectivity index (χ3n) is 4.47. The van der Waals surface area contributed by atoms with Crippen molar-refractivity contribution in [3.05, 3.63) is 29.3 Å². The van der Waals surface area contributed by atoms with Gasteiger partial charge in [-0.05, 0) is 39.3 Å². The van der Waals surface area contributed by atoms with Gasteiger partial charge in [0.25, 0.3) is 0 Å². The summed E-state index contributed by atoms with van der Waals surface area (Å²) in [4.78, 5) is 18.7. The number of nitrogens with zero attached hydrogens (tertiary/aromatic N) is 2. The van der Waals surface area contributed by atoms with Gasteiger partial charge < -0.3 is 25.0 Å². The normalized spacial score (nSPS) is 11.3. The molecule has 0 bridgehead atoms. The van der Waals surface area contributed by atoms with Crippen LogP contribution in [0.2, 0.25) is 0 Å². The molecule has 1 amide bonds. The first-order valence-electron chi connectivity index (χ1n) is 10.6. The molecule has 0 fully saturated rings. The van der Waals surface area contributed by atoms with Crippen LogP contribution in [0.3, 0.4) is 0 Å². The number of aliphatic imine (C=N–C) groups is 1. The smallest absolute Gasteiger partial charge is 0.224 e. The number of aryl methyl sites for hydroxylation is 1. The van der Waals surface area contributed by atoms with Crippen LogP contribution in [-0.4, -0.2) is 63.3 Å². The van der Waals surface area contributed by atoms with E-state index >= 15 is 0 Å². The van der Waals surface area contributed by atoms with E-state index in [1.165, 1.54) is 0 Å². The van der Waals surface area contributed by atoms with Gasteiger partial charge in [0, 0.05) is 58.3 Å². The van der Waals surface area contributed by atoms with E-state index < -0.39 is 0 Å². The molecule has 0 aliphatic heterocycles. The van der Waals surface area contributed by atoms with Gasteiger partial charge in [0.2, 0.25) is 5.91 Å². The van der Waals surface area contributed by atoms with Crippen LogP contribution in [0.4, 0.5) is 0 Å². The second kappa shape index (κ2) is 14.7. The molecule has 0 aromatic heterocycles. The van der Waals surface area contributed by atoms with E-state index in [0.717, 1.165) is 42.9 Å². The van der Waals surface area contributed by atoms with Crippen molar-refractivity contribution in [2.75, 3.05) is 46.5 Å². The van der Waals surface area contributed by atoms with E-state index in [4.69, 9.17) is 9.47 Å². The molecule has 1 aromatic rings. The van der Waals surface area contributed by atoms with Crippen LogP contribution in [-0.2, 0) is 16.1 Å². The second-order valence-electron chi connectivity index (χ2n) is 6.74. The highest BCUT2D eigenvalue weighted by Gasteiger charge is 2.09. The van der Waals surface area contributed by atoms with Crippen molar-refractivity contribution < 1.29 is 14.3 Å². The van der Waals surface area contributed by atoms with Gasteiger partial charge in [0.05, 0.1) is 13.2 Å². The molecule has 0 saturated heterocycles. The standard InChI is InChI=1S/C22H38N4O3/c1-6-23-22(24-13-12-21(27)26(7-2)8-3)25-17-19-11-10-18(4)16-20(19)29-15-9-14-28-5/h10-11,16H,6-9,12-15,17H2,1-5H3,(H2,23,24,25). The van der Waals surface area contributed by atoms with Gasteiger partial charge in [0.15, 0.2) is 5.96 Å². The van der Waals surface area contributed by atoms with Crippen LogP contribution in [0.1, 0.15) is 44.7 Å². The zero-order valence-corrected chi connectivity index (χ0v) is 18.7. The summed E-state index contributed by atoms with van der Waals surface area (Å²) in [5, 5.41) is 6.48. The van der Waals surface area contributed by atoms with Gasteiger partial charge >= 0.3 is 0 Å². The van der Waals surface area contributed by atoms with Gasteiger partial charge in [-0.25, -0.2) is 4.99 Å². The fourth-order valence-electron chi connectivity index (χ4n) is 2.84. The Morgan fingerprint density at radius 1 is 1.14 bits per heavy atom. The van der Waals surface area contributed by atoms with Crippen molar-refractivity contribution in [3.63, 3.8) is 0 Å². The first-order valence-corrected chi connectivity index (χ1v) is 10.6. The van der Waals surface area contributed by atoms with Crippen LogP contribution in [0.15, 0.2) is 23.2 Å². The Hall–Kier alpha value is -2.28. The average molecular weight is 407 g/mol. The fraction of sp³-hybridized carbons (Fsp3) is 0.636. The van der Waals surface area contributed by atoms with Gasteiger partial charge in [-0.1, -0.05) is 12.1 Å². The lowest BCUT2D eigenvalue weighted by Gasteiger charge is -2.19. The van der Waals surface area contributed by atoms with Gasteiger partial charge in [-0.2, -0.15) is 0 Å². The Labute approximate surface area is 175 Å². The first-order chi connectivity index (χ1) is 14.0. The van der Waals surface area contributed by atoms with Crippen LogP contribution < -0.4 is 15.4 Å². The van der Waals surface area contributed by atoms with Crippen LogP contribution >= 0.6 is 0 Å². The van der Waals surface area contributed by atoms with E-state index in [0.29, 0.717) is 38.7 Å². The van der Waals surface area contributed by atoms with Crippen molar-refractivity contribution >= 4 is 11.9 Å². The number of hydrogen-bond acceptors (Lipinski definition) is 4. The average Bonchev–Trinajstić information content (AvgIpc) is 2.71. The molecule has 0 spiro atoms. The molecular weight excluding hydrogens is 368 g/mol. The lowest BCUT2D eigenvalue weighted by atomic mass is 10.1. The zero-order valence-electron chi connectivity index (χ0n) is 18.7. The molecule has 2 N–H and O–H groups in total. The SMILES string of the molecule is CCNC(=NCc1ccc(C)cc1OCCCOC)NCCC(=O)N(CC)CC. The molecule has 164 valence electrons. The van der Waals surface area contributed by atoms with Gasteiger partial charge in [0.1, 0.15) is 5.75 Å². The lowest BCUT2D eigenvalue weighted by Crippen LogP contribution is -2.40. The van der Waals surface area contributed by atoms with E-state index in [1.807, 2.05) is 38.7 Å². The molecule has 0 unspecified atom stereocenters. The summed E-state index contributed by atoms with van der Waals surface area (Å²) in [7, 11) is 1.69. The van der Waals surface area contributed by atoms with Crippen molar-refractivity contribution in [1.82, 2.24) is 15.5 Å². The summed E-state index contributed by atoms with van der Waals surface area (Å²) in [5.41, 5.74) is 2.18. The quantitative estimate of drug-likeness (QED) is 0.299.